The van der Waals surface area contributed by atoms with Gasteiger partial charge in [0.25, 0.3) is 5.91 Å². The fourth-order valence-electron chi connectivity index (χ4n) is 2.37. The Morgan fingerprint density at radius 3 is 2.23 bits per heavy atom. The zero-order chi connectivity index (χ0) is 22.1. The number of anilines is 2. The van der Waals surface area contributed by atoms with E-state index in [1.54, 1.807) is 48.5 Å². The monoisotopic (exact) mass is 434 g/mol. The Balaban J connectivity index is 1.84. The van der Waals surface area contributed by atoms with Crippen LogP contribution in [0.1, 0.15) is 30.1 Å². The molecule has 0 saturated heterocycles. The van der Waals surface area contributed by atoms with Crippen LogP contribution in [0.25, 0.3) is 0 Å². The normalized spacial score (nSPS) is 10.9. The summed E-state index contributed by atoms with van der Waals surface area (Å²) < 4.78 is 34.8. The minimum absolute atomic E-state index is 0.220. The smallest absolute Gasteiger partial charge is 0.338 e. The molecule has 2 aromatic rings. The molecule has 0 unspecified atom stereocenters. The predicted octanol–water partition coefficient (Wildman–Crippen LogP) is 3.06. The third-order valence-electron chi connectivity index (χ3n) is 4.20. The fraction of sp³-hybridized carbons (Fsp3) is 0.333. The lowest BCUT2D eigenvalue weighted by molar-refractivity contribution is -0.118. The summed E-state index contributed by atoms with van der Waals surface area (Å²) in [4.78, 5) is 23.9. The van der Waals surface area contributed by atoms with Gasteiger partial charge in [-0.1, -0.05) is 13.3 Å². The van der Waals surface area contributed by atoms with Gasteiger partial charge in [-0.2, -0.15) is 0 Å². The van der Waals surface area contributed by atoms with E-state index in [0.29, 0.717) is 29.3 Å². The molecule has 0 saturated carbocycles. The SMILES string of the molecule is CCCCOC(=O)c1ccc(NC(=O)COc2ccc(N(C)S(C)(=O)=O)cc2)cc1. The van der Waals surface area contributed by atoms with E-state index in [-0.39, 0.29) is 12.5 Å². The quantitative estimate of drug-likeness (QED) is 0.455. The first-order valence-corrected chi connectivity index (χ1v) is 11.3. The molecule has 30 heavy (non-hydrogen) atoms. The van der Waals surface area contributed by atoms with Crippen LogP contribution in [0.3, 0.4) is 0 Å². The number of amides is 1. The Morgan fingerprint density at radius 1 is 1.03 bits per heavy atom. The van der Waals surface area contributed by atoms with E-state index in [4.69, 9.17) is 9.47 Å². The summed E-state index contributed by atoms with van der Waals surface area (Å²) in [5.74, 6) is -0.332. The molecule has 162 valence electrons. The van der Waals surface area contributed by atoms with Gasteiger partial charge < -0.3 is 14.8 Å². The summed E-state index contributed by atoms with van der Waals surface area (Å²) in [6.07, 6.45) is 2.88. The summed E-state index contributed by atoms with van der Waals surface area (Å²) in [5.41, 5.74) is 1.43. The van der Waals surface area contributed by atoms with Crippen LogP contribution in [0.4, 0.5) is 11.4 Å². The molecule has 0 radical (unpaired) electrons. The number of rotatable bonds is 10. The highest BCUT2D eigenvalue weighted by Gasteiger charge is 2.12. The van der Waals surface area contributed by atoms with Gasteiger partial charge in [0.2, 0.25) is 10.0 Å². The van der Waals surface area contributed by atoms with Gasteiger partial charge in [-0.15, -0.1) is 0 Å². The molecule has 9 heteroatoms. The van der Waals surface area contributed by atoms with Crippen molar-refractivity contribution in [3.63, 3.8) is 0 Å². The maximum absolute atomic E-state index is 12.1. The van der Waals surface area contributed by atoms with Crippen molar-refractivity contribution < 1.29 is 27.5 Å². The number of hydrogen-bond acceptors (Lipinski definition) is 6. The van der Waals surface area contributed by atoms with E-state index in [2.05, 4.69) is 5.32 Å². The number of ether oxygens (including phenoxy) is 2. The Morgan fingerprint density at radius 2 is 1.67 bits per heavy atom. The maximum Gasteiger partial charge on any atom is 0.338 e. The molecule has 0 aliphatic carbocycles. The van der Waals surface area contributed by atoms with Gasteiger partial charge in [-0.05, 0) is 55.0 Å². The fourth-order valence-corrected chi connectivity index (χ4v) is 2.88. The lowest BCUT2D eigenvalue weighted by Crippen LogP contribution is -2.24. The number of sulfonamides is 1. The summed E-state index contributed by atoms with van der Waals surface area (Å²) >= 11 is 0. The number of unbranched alkanes of at least 4 members (excludes halogenated alkanes) is 1. The van der Waals surface area contributed by atoms with Gasteiger partial charge in [-0.25, -0.2) is 13.2 Å². The zero-order valence-electron chi connectivity index (χ0n) is 17.3. The highest BCUT2D eigenvalue weighted by atomic mass is 32.2. The first-order chi connectivity index (χ1) is 14.2. The summed E-state index contributed by atoms with van der Waals surface area (Å²) in [6, 6.07) is 12.8. The van der Waals surface area contributed by atoms with Crippen LogP contribution < -0.4 is 14.4 Å². The minimum Gasteiger partial charge on any atom is -0.484 e. The van der Waals surface area contributed by atoms with Crippen LogP contribution in [0.5, 0.6) is 5.75 Å². The van der Waals surface area contributed by atoms with E-state index >= 15 is 0 Å². The van der Waals surface area contributed by atoms with Crippen molar-refractivity contribution >= 4 is 33.3 Å². The van der Waals surface area contributed by atoms with E-state index in [1.807, 2.05) is 6.92 Å². The van der Waals surface area contributed by atoms with Crippen molar-refractivity contribution in [2.75, 3.05) is 36.1 Å². The Bertz CT molecular complexity index is 956. The molecule has 0 aliphatic rings. The van der Waals surface area contributed by atoms with Crippen LogP contribution in [-0.2, 0) is 19.6 Å². The van der Waals surface area contributed by atoms with E-state index in [9.17, 15) is 18.0 Å². The first kappa shape index (κ1) is 23.2. The van der Waals surface area contributed by atoms with Crippen LogP contribution in [-0.4, -0.2) is 46.8 Å². The van der Waals surface area contributed by atoms with Gasteiger partial charge in [-0.3, -0.25) is 9.10 Å². The maximum atomic E-state index is 12.1. The number of carbonyl (C=O) groups is 2. The van der Waals surface area contributed by atoms with Gasteiger partial charge in [0.1, 0.15) is 5.75 Å². The highest BCUT2D eigenvalue weighted by Crippen LogP contribution is 2.20. The minimum atomic E-state index is -3.34. The average Bonchev–Trinajstić information content (AvgIpc) is 2.72. The van der Waals surface area contributed by atoms with Gasteiger partial charge >= 0.3 is 5.97 Å². The van der Waals surface area contributed by atoms with Crippen molar-refractivity contribution in [3.05, 3.63) is 54.1 Å². The third-order valence-corrected chi connectivity index (χ3v) is 5.41. The molecule has 0 aromatic heterocycles. The van der Waals surface area contributed by atoms with Gasteiger partial charge in [0.15, 0.2) is 6.61 Å². The first-order valence-electron chi connectivity index (χ1n) is 9.44. The standard InChI is InChI=1S/C21H26N2O6S/c1-4-5-14-28-21(25)16-6-8-17(9-7-16)22-20(24)15-29-19-12-10-18(11-13-19)23(2)30(3,26)27/h6-13H,4-5,14-15H2,1-3H3,(H,22,24). The molecule has 1 N–H and O–H groups in total. The second-order valence-electron chi connectivity index (χ2n) is 6.63. The molecular weight excluding hydrogens is 408 g/mol. The molecular formula is C21H26N2O6S. The van der Waals surface area contributed by atoms with Crippen molar-refractivity contribution in [2.45, 2.75) is 19.8 Å². The van der Waals surface area contributed by atoms with Crippen LogP contribution in [0.2, 0.25) is 0 Å². The molecule has 0 heterocycles. The van der Waals surface area contributed by atoms with E-state index in [1.165, 1.54) is 7.05 Å². The molecule has 2 aromatic carbocycles. The number of benzene rings is 2. The van der Waals surface area contributed by atoms with Crippen molar-refractivity contribution in [1.82, 2.24) is 0 Å². The average molecular weight is 435 g/mol. The molecule has 0 atom stereocenters. The van der Waals surface area contributed by atoms with Crippen LogP contribution in [0, 0.1) is 0 Å². The zero-order valence-corrected chi connectivity index (χ0v) is 18.1. The van der Waals surface area contributed by atoms with Crippen LogP contribution in [0.15, 0.2) is 48.5 Å². The van der Waals surface area contributed by atoms with Crippen molar-refractivity contribution in [2.24, 2.45) is 0 Å². The lowest BCUT2D eigenvalue weighted by atomic mass is 10.2. The van der Waals surface area contributed by atoms with Crippen molar-refractivity contribution in [1.29, 1.82) is 0 Å². The summed E-state index contributed by atoms with van der Waals surface area (Å²) in [6.45, 7) is 2.18. The Hall–Kier alpha value is -3.07. The highest BCUT2D eigenvalue weighted by molar-refractivity contribution is 7.92. The second-order valence-corrected chi connectivity index (χ2v) is 8.64. The third kappa shape index (κ3) is 7.07. The molecule has 0 bridgehead atoms. The summed E-state index contributed by atoms with van der Waals surface area (Å²) in [5, 5.41) is 2.68. The molecule has 0 spiro atoms. The van der Waals surface area contributed by atoms with E-state index in [0.717, 1.165) is 23.4 Å². The van der Waals surface area contributed by atoms with Gasteiger partial charge in [0.05, 0.1) is 24.1 Å². The molecule has 1 amide bonds. The number of esters is 1. The van der Waals surface area contributed by atoms with Crippen molar-refractivity contribution in [3.8, 4) is 5.75 Å². The molecule has 8 nitrogen and oxygen atoms in total. The second kappa shape index (κ2) is 10.6. The summed E-state index contributed by atoms with van der Waals surface area (Å²) in [7, 11) is -1.89. The molecule has 0 aliphatic heterocycles. The predicted molar refractivity (Wildman–Crippen MR) is 115 cm³/mol. The topological polar surface area (TPSA) is 102 Å². The van der Waals surface area contributed by atoms with Crippen LogP contribution >= 0.6 is 0 Å². The Kier molecular flexibility index (Phi) is 8.23. The lowest BCUT2D eigenvalue weighted by Gasteiger charge is -2.16. The van der Waals surface area contributed by atoms with E-state index < -0.39 is 16.0 Å². The number of carbonyl (C=O) groups excluding carboxylic acids is 2. The molecule has 0 fully saturated rings. The van der Waals surface area contributed by atoms with Gasteiger partial charge in [0, 0.05) is 12.7 Å². The number of hydrogen-bond donors (Lipinski definition) is 1. The largest absolute Gasteiger partial charge is 0.484 e. The number of nitrogens with one attached hydrogen (secondary N) is 1. The number of nitrogens with zero attached hydrogens (tertiary/aromatic N) is 1. The molecule has 2 rings (SSSR count). The Labute approximate surface area is 176 Å².